The largest absolute Gasteiger partial charge is 0.442 e. The molecule has 3 unspecified atom stereocenters. The molecule has 0 radical (unpaired) electrons. The van der Waals surface area contributed by atoms with E-state index in [4.69, 9.17) is 4.74 Å². The summed E-state index contributed by atoms with van der Waals surface area (Å²) in [5.74, 6) is -0.303. The number of nitrogens with zero attached hydrogens (tertiary/aromatic N) is 1. The van der Waals surface area contributed by atoms with E-state index >= 15 is 0 Å². The first-order chi connectivity index (χ1) is 12.3. The molecular weight excluding hydrogens is 322 g/mol. The first-order valence-corrected chi connectivity index (χ1v) is 8.92. The fourth-order valence-corrected chi connectivity index (χ4v) is 3.34. The van der Waals surface area contributed by atoms with E-state index in [1.54, 1.807) is 6.08 Å². The quantitative estimate of drug-likeness (QED) is 0.380. The molecule has 3 atom stereocenters. The molecule has 0 aliphatic heterocycles. The average Bonchev–Trinajstić information content (AvgIpc) is 3.12. The Morgan fingerprint density at radius 1 is 1.42 bits per heavy atom. The van der Waals surface area contributed by atoms with Gasteiger partial charge in [0, 0.05) is 5.56 Å². The molecule has 136 valence electrons. The third-order valence-electron chi connectivity index (χ3n) is 4.91. The van der Waals surface area contributed by atoms with Gasteiger partial charge in [-0.15, -0.1) is 0 Å². The van der Waals surface area contributed by atoms with Crippen LogP contribution in [-0.4, -0.2) is 5.97 Å². The van der Waals surface area contributed by atoms with Crippen LogP contribution in [0.15, 0.2) is 60.7 Å². The van der Waals surface area contributed by atoms with E-state index in [-0.39, 0.29) is 23.2 Å². The predicted octanol–water partition coefficient (Wildman–Crippen LogP) is 5.32. The number of hydrogen-bond donors (Lipinski definition) is 0. The number of carbonyl (C=O) groups excluding carboxylic acids is 1. The minimum Gasteiger partial charge on any atom is -0.442 e. The maximum Gasteiger partial charge on any atom is 0.311 e. The number of nitriles is 1. The van der Waals surface area contributed by atoms with Crippen LogP contribution in [0, 0.1) is 28.6 Å². The van der Waals surface area contributed by atoms with Crippen molar-refractivity contribution < 1.29 is 9.53 Å². The molecule has 0 N–H and O–H groups in total. The zero-order chi connectivity index (χ0) is 19.3. The van der Waals surface area contributed by atoms with Gasteiger partial charge in [0.25, 0.3) is 0 Å². The van der Waals surface area contributed by atoms with Crippen LogP contribution in [0.1, 0.15) is 44.9 Å². The number of carbonyl (C=O) groups is 1. The molecule has 1 fully saturated rings. The smallest absolute Gasteiger partial charge is 0.311 e. The van der Waals surface area contributed by atoms with Gasteiger partial charge in [-0.3, -0.25) is 4.79 Å². The van der Waals surface area contributed by atoms with Gasteiger partial charge in [-0.05, 0) is 37.2 Å². The number of ether oxygens (including phenoxy) is 1. The van der Waals surface area contributed by atoms with E-state index in [1.165, 1.54) is 5.57 Å². The zero-order valence-electron chi connectivity index (χ0n) is 16.0. The van der Waals surface area contributed by atoms with Gasteiger partial charge >= 0.3 is 5.97 Å². The molecule has 0 saturated heterocycles. The van der Waals surface area contributed by atoms with Crippen LogP contribution < -0.4 is 0 Å². The van der Waals surface area contributed by atoms with Crippen LogP contribution in [0.25, 0.3) is 0 Å². The molecule has 0 amide bonds. The first kappa shape index (κ1) is 19.7. The van der Waals surface area contributed by atoms with Gasteiger partial charge in [0.1, 0.15) is 6.07 Å². The van der Waals surface area contributed by atoms with Crippen LogP contribution in [0.4, 0.5) is 0 Å². The summed E-state index contributed by atoms with van der Waals surface area (Å²) in [6, 6.07) is 9.74. The molecule has 3 heteroatoms. The van der Waals surface area contributed by atoms with Crippen LogP contribution in [-0.2, 0) is 16.0 Å². The molecule has 1 saturated carbocycles. The second-order valence-electron chi connectivity index (χ2n) is 7.63. The van der Waals surface area contributed by atoms with Crippen molar-refractivity contribution in [3.8, 4) is 6.07 Å². The lowest BCUT2D eigenvalue weighted by molar-refractivity contribution is -0.149. The Labute approximate surface area is 156 Å². The van der Waals surface area contributed by atoms with Gasteiger partial charge < -0.3 is 4.74 Å². The summed E-state index contributed by atoms with van der Waals surface area (Å²) in [5, 5.41) is 9.51. The molecule has 26 heavy (non-hydrogen) atoms. The predicted molar refractivity (Wildman–Crippen MR) is 104 cm³/mol. The van der Waals surface area contributed by atoms with Gasteiger partial charge in [0.15, 0.2) is 0 Å². The number of allylic oxidation sites excluding steroid dienone is 5. The van der Waals surface area contributed by atoms with Crippen LogP contribution >= 0.6 is 0 Å². The Hall–Kier alpha value is -2.60. The molecule has 1 aliphatic carbocycles. The van der Waals surface area contributed by atoms with E-state index in [2.05, 4.69) is 32.6 Å². The highest BCUT2D eigenvalue weighted by Crippen LogP contribution is 2.60. The number of hydrogen-bond acceptors (Lipinski definition) is 3. The van der Waals surface area contributed by atoms with Crippen molar-refractivity contribution >= 4 is 5.97 Å². The van der Waals surface area contributed by atoms with Crippen molar-refractivity contribution in [3.63, 3.8) is 0 Å². The Kier molecular flexibility index (Phi) is 6.21. The van der Waals surface area contributed by atoms with E-state index in [0.29, 0.717) is 5.56 Å². The van der Waals surface area contributed by atoms with E-state index in [0.717, 1.165) is 12.0 Å². The van der Waals surface area contributed by atoms with Gasteiger partial charge in [0.05, 0.1) is 5.92 Å². The first-order valence-electron chi connectivity index (χ1n) is 8.92. The van der Waals surface area contributed by atoms with Crippen molar-refractivity contribution in [3.05, 3.63) is 71.8 Å². The molecular formula is C23H27NO2. The maximum atomic E-state index is 12.6. The standard InChI is InChI=1S/C23H27NO2/c1-6-7-8-10-17-11-9-12-18(14-17)20(15-24)26-22(25)21-19(13-16(2)3)23(21,4)5/h6-9,11-14,19-21H,1,10H2,2-5H3/b8-7+. The fourth-order valence-electron chi connectivity index (χ4n) is 3.34. The van der Waals surface area contributed by atoms with Gasteiger partial charge in [0.2, 0.25) is 6.10 Å². The number of rotatable bonds is 7. The molecule has 1 aliphatic rings. The highest BCUT2D eigenvalue weighted by Gasteiger charge is 2.61. The maximum absolute atomic E-state index is 12.6. The Morgan fingerprint density at radius 2 is 2.15 bits per heavy atom. The van der Waals surface area contributed by atoms with Crippen LogP contribution in [0.5, 0.6) is 0 Å². The average molecular weight is 349 g/mol. The molecule has 0 spiro atoms. The third-order valence-corrected chi connectivity index (χ3v) is 4.91. The van der Waals surface area contributed by atoms with E-state index in [1.807, 2.05) is 50.3 Å². The van der Waals surface area contributed by atoms with Crippen molar-refractivity contribution in [2.24, 2.45) is 17.3 Å². The summed E-state index contributed by atoms with van der Waals surface area (Å²) < 4.78 is 5.57. The monoisotopic (exact) mass is 349 g/mol. The molecule has 0 bridgehead atoms. The van der Waals surface area contributed by atoms with Crippen molar-refractivity contribution in [1.82, 2.24) is 0 Å². The summed E-state index contributed by atoms with van der Waals surface area (Å²) in [4.78, 5) is 12.6. The fraction of sp³-hybridized carbons (Fsp3) is 0.391. The van der Waals surface area contributed by atoms with E-state index in [9.17, 15) is 10.1 Å². The lowest BCUT2D eigenvalue weighted by Gasteiger charge is -2.13. The topological polar surface area (TPSA) is 50.1 Å². The third kappa shape index (κ3) is 4.52. The Balaban J connectivity index is 2.10. The summed E-state index contributed by atoms with van der Waals surface area (Å²) in [6.07, 6.45) is 7.59. The second kappa shape index (κ2) is 8.19. The van der Waals surface area contributed by atoms with Crippen molar-refractivity contribution in [2.75, 3.05) is 0 Å². The van der Waals surface area contributed by atoms with Gasteiger partial charge in [-0.2, -0.15) is 5.26 Å². The lowest BCUT2D eigenvalue weighted by atomic mass is 10.0. The van der Waals surface area contributed by atoms with E-state index < -0.39 is 6.10 Å². The normalized spacial score (nSPS) is 21.5. The highest BCUT2D eigenvalue weighted by atomic mass is 16.5. The van der Waals surface area contributed by atoms with Gasteiger partial charge in [-0.25, -0.2) is 0 Å². The highest BCUT2D eigenvalue weighted by molar-refractivity contribution is 5.78. The Bertz CT molecular complexity index is 776. The summed E-state index contributed by atoms with van der Waals surface area (Å²) in [6.45, 7) is 11.8. The zero-order valence-corrected chi connectivity index (χ0v) is 16.0. The van der Waals surface area contributed by atoms with Crippen LogP contribution in [0.2, 0.25) is 0 Å². The van der Waals surface area contributed by atoms with Crippen molar-refractivity contribution in [2.45, 2.75) is 40.2 Å². The van der Waals surface area contributed by atoms with Crippen molar-refractivity contribution in [1.29, 1.82) is 5.26 Å². The summed E-state index contributed by atoms with van der Waals surface area (Å²) >= 11 is 0. The Morgan fingerprint density at radius 3 is 2.77 bits per heavy atom. The minimum atomic E-state index is -0.880. The van der Waals surface area contributed by atoms with Crippen LogP contribution in [0.3, 0.4) is 0 Å². The minimum absolute atomic E-state index is 0.119. The molecule has 2 rings (SSSR count). The lowest BCUT2D eigenvalue weighted by Crippen LogP contribution is -2.14. The SMILES string of the molecule is C=C/C=C/Cc1cccc(C(C#N)OC(=O)C2C(C=C(C)C)C2(C)C)c1. The molecule has 0 aromatic heterocycles. The number of benzene rings is 1. The van der Waals surface area contributed by atoms with Gasteiger partial charge in [-0.1, -0.05) is 74.6 Å². The molecule has 3 nitrogen and oxygen atoms in total. The summed E-state index contributed by atoms with van der Waals surface area (Å²) in [7, 11) is 0. The molecule has 1 aromatic carbocycles. The molecule has 0 heterocycles. The second-order valence-corrected chi connectivity index (χ2v) is 7.63. The summed E-state index contributed by atoms with van der Waals surface area (Å²) in [5.41, 5.74) is 2.84. The molecule has 1 aromatic rings. The number of esters is 1.